The van der Waals surface area contributed by atoms with Gasteiger partial charge in [-0.25, -0.2) is 0 Å². The van der Waals surface area contributed by atoms with Crippen LogP contribution in [0.5, 0.6) is 0 Å². The fraction of sp³-hybridized carbons (Fsp3) is 0.714. The Morgan fingerprint density at radius 3 is 2.61 bits per heavy atom. The molecule has 0 aromatic carbocycles. The van der Waals surface area contributed by atoms with Gasteiger partial charge < -0.3 is 15.0 Å². The zero-order valence-corrected chi connectivity index (χ0v) is 11.8. The van der Waals surface area contributed by atoms with Crippen LogP contribution in [0.15, 0.2) is 23.9 Å². The van der Waals surface area contributed by atoms with Crippen LogP contribution >= 0.6 is 0 Å². The molecule has 1 aliphatic carbocycles. The normalized spacial score (nSPS) is 28.7. The maximum Gasteiger partial charge on any atom is 0.144 e. The molecule has 2 aliphatic rings. The molecule has 0 saturated carbocycles. The molecule has 0 aromatic heterocycles. The predicted molar refractivity (Wildman–Crippen MR) is 74.3 cm³/mol. The van der Waals surface area contributed by atoms with Crippen LogP contribution in [0.25, 0.3) is 0 Å². The van der Waals surface area contributed by atoms with Crippen LogP contribution in [-0.4, -0.2) is 62.4 Å². The molecular weight excluding hydrogens is 226 g/mol. The van der Waals surface area contributed by atoms with Crippen molar-refractivity contribution in [1.29, 1.82) is 0 Å². The van der Waals surface area contributed by atoms with Gasteiger partial charge in [0, 0.05) is 44.9 Å². The van der Waals surface area contributed by atoms with Gasteiger partial charge in [0.15, 0.2) is 0 Å². The van der Waals surface area contributed by atoms with Gasteiger partial charge >= 0.3 is 0 Å². The predicted octanol–water partition coefficient (Wildman–Crippen LogP) is 1.03. The summed E-state index contributed by atoms with van der Waals surface area (Å²) in [5, 5.41) is 3.38. The smallest absolute Gasteiger partial charge is 0.144 e. The van der Waals surface area contributed by atoms with Gasteiger partial charge in [0.25, 0.3) is 0 Å². The zero-order valence-electron chi connectivity index (χ0n) is 11.8. The van der Waals surface area contributed by atoms with Crippen molar-refractivity contribution in [3.8, 4) is 0 Å². The highest BCUT2D eigenvalue weighted by Crippen LogP contribution is 2.28. The fourth-order valence-electron chi connectivity index (χ4n) is 2.58. The average molecular weight is 251 g/mol. The minimum atomic E-state index is -0.258. The third-order valence-electron chi connectivity index (χ3n) is 3.75. The van der Waals surface area contributed by atoms with E-state index in [2.05, 4.69) is 54.4 Å². The summed E-state index contributed by atoms with van der Waals surface area (Å²) in [6.45, 7) is 7.14. The van der Waals surface area contributed by atoms with Crippen molar-refractivity contribution in [2.75, 3.05) is 46.9 Å². The third kappa shape index (κ3) is 2.76. The molecule has 1 fully saturated rings. The van der Waals surface area contributed by atoms with Crippen molar-refractivity contribution in [1.82, 2.24) is 15.1 Å². The van der Waals surface area contributed by atoms with Gasteiger partial charge in [0.05, 0.1) is 0 Å². The van der Waals surface area contributed by atoms with E-state index in [9.17, 15) is 0 Å². The number of ether oxygens (including phenoxy) is 1. The molecule has 0 aromatic rings. The molecule has 4 heteroatoms. The van der Waals surface area contributed by atoms with Gasteiger partial charge in [0.2, 0.25) is 0 Å². The van der Waals surface area contributed by atoms with E-state index in [1.807, 2.05) is 0 Å². The second kappa shape index (κ2) is 5.87. The first kappa shape index (κ1) is 13.6. The monoisotopic (exact) mass is 251 g/mol. The fourth-order valence-corrected chi connectivity index (χ4v) is 2.58. The molecule has 1 saturated heterocycles. The molecule has 2 rings (SSSR count). The van der Waals surface area contributed by atoms with Gasteiger partial charge in [-0.05, 0) is 33.2 Å². The molecule has 1 atom stereocenters. The van der Waals surface area contributed by atoms with E-state index in [-0.39, 0.29) is 5.72 Å². The minimum absolute atomic E-state index is 0.258. The van der Waals surface area contributed by atoms with E-state index in [1.165, 1.54) is 5.70 Å². The summed E-state index contributed by atoms with van der Waals surface area (Å²) < 4.78 is 5.93. The van der Waals surface area contributed by atoms with Crippen molar-refractivity contribution in [2.24, 2.45) is 0 Å². The summed E-state index contributed by atoms with van der Waals surface area (Å²) in [6, 6.07) is 0. The lowest BCUT2D eigenvalue weighted by Crippen LogP contribution is -2.47. The van der Waals surface area contributed by atoms with Crippen molar-refractivity contribution >= 4 is 0 Å². The first-order valence-electron chi connectivity index (χ1n) is 6.84. The molecule has 4 nitrogen and oxygen atoms in total. The SMILES string of the molecule is CCOC1(N(C)C)C=CC(N2CCNCC2)=CC1. The first-order chi connectivity index (χ1) is 8.68. The van der Waals surface area contributed by atoms with Gasteiger partial charge in [-0.2, -0.15) is 0 Å². The van der Waals surface area contributed by atoms with E-state index in [0.717, 1.165) is 39.2 Å². The highest BCUT2D eigenvalue weighted by atomic mass is 16.5. The Labute approximate surface area is 110 Å². The van der Waals surface area contributed by atoms with E-state index < -0.39 is 0 Å². The quantitative estimate of drug-likeness (QED) is 0.755. The van der Waals surface area contributed by atoms with Crippen LogP contribution in [0, 0.1) is 0 Å². The molecule has 1 unspecified atom stereocenters. The molecule has 1 heterocycles. The Hall–Kier alpha value is -0.840. The molecule has 0 bridgehead atoms. The third-order valence-corrected chi connectivity index (χ3v) is 3.75. The Kier molecular flexibility index (Phi) is 4.43. The Morgan fingerprint density at radius 1 is 1.39 bits per heavy atom. The average Bonchev–Trinajstić information content (AvgIpc) is 2.41. The summed E-state index contributed by atoms with van der Waals surface area (Å²) in [4.78, 5) is 4.59. The lowest BCUT2D eigenvalue weighted by molar-refractivity contribution is -0.0952. The number of nitrogens with one attached hydrogen (secondary N) is 1. The standard InChI is InChI=1S/C14H25N3O/c1-4-18-14(16(2)3)7-5-13(6-8-14)17-11-9-15-10-12-17/h5-7,15H,4,8-12H2,1-3H3. The molecule has 102 valence electrons. The van der Waals surface area contributed by atoms with Crippen molar-refractivity contribution in [2.45, 2.75) is 19.1 Å². The number of allylic oxidation sites excluding steroid dienone is 1. The molecule has 18 heavy (non-hydrogen) atoms. The molecule has 0 spiro atoms. The summed E-state index contributed by atoms with van der Waals surface area (Å²) in [7, 11) is 4.15. The number of piperazine rings is 1. The van der Waals surface area contributed by atoms with Crippen LogP contribution in [-0.2, 0) is 4.74 Å². The summed E-state index contributed by atoms with van der Waals surface area (Å²) in [5.41, 5.74) is 1.08. The maximum atomic E-state index is 5.93. The summed E-state index contributed by atoms with van der Waals surface area (Å²) in [5.74, 6) is 0. The van der Waals surface area contributed by atoms with Crippen LogP contribution in [0.2, 0.25) is 0 Å². The lowest BCUT2D eigenvalue weighted by Gasteiger charge is -2.40. The van der Waals surface area contributed by atoms with Crippen molar-refractivity contribution in [3.63, 3.8) is 0 Å². The van der Waals surface area contributed by atoms with E-state index in [0.29, 0.717) is 0 Å². The van der Waals surface area contributed by atoms with Crippen molar-refractivity contribution < 1.29 is 4.74 Å². The van der Waals surface area contributed by atoms with Crippen LogP contribution in [0.1, 0.15) is 13.3 Å². The minimum Gasteiger partial charge on any atom is -0.369 e. The van der Waals surface area contributed by atoms with Crippen LogP contribution < -0.4 is 5.32 Å². The topological polar surface area (TPSA) is 27.7 Å². The Bertz CT molecular complexity index is 332. The number of likely N-dealkylation sites (N-methyl/N-ethyl adjacent to an activating group) is 1. The van der Waals surface area contributed by atoms with E-state index in [1.54, 1.807) is 0 Å². The second-order valence-corrected chi connectivity index (χ2v) is 5.08. The largest absolute Gasteiger partial charge is 0.369 e. The van der Waals surface area contributed by atoms with Crippen LogP contribution in [0.4, 0.5) is 0 Å². The highest BCUT2D eigenvalue weighted by Gasteiger charge is 2.32. The van der Waals surface area contributed by atoms with E-state index >= 15 is 0 Å². The van der Waals surface area contributed by atoms with Gasteiger partial charge in [-0.3, -0.25) is 4.90 Å². The molecule has 0 amide bonds. The highest BCUT2D eigenvalue weighted by molar-refractivity contribution is 5.27. The molecule has 1 N–H and O–H groups in total. The first-order valence-corrected chi connectivity index (χ1v) is 6.84. The maximum absolute atomic E-state index is 5.93. The zero-order chi connectivity index (χ0) is 13.0. The molecule has 0 radical (unpaired) electrons. The summed E-state index contributed by atoms with van der Waals surface area (Å²) in [6.07, 6.45) is 7.64. The van der Waals surface area contributed by atoms with E-state index in [4.69, 9.17) is 4.74 Å². The summed E-state index contributed by atoms with van der Waals surface area (Å²) >= 11 is 0. The molecule has 1 aliphatic heterocycles. The molecular formula is C14H25N3O. The number of hydrogen-bond acceptors (Lipinski definition) is 4. The number of nitrogens with zero attached hydrogens (tertiary/aromatic N) is 2. The Morgan fingerprint density at radius 2 is 2.11 bits per heavy atom. The van der Waals surface area contributed by atoms with Gasteiger partial charge in [-0.1, -0.05) is 6.08 Å². The second-order valence-electron chi connectivity index (χ2n) is 5.08. The van der Waals surface area contributed by atoms with Crippen molar-refractivity contribution in [3.05, 3.63) is 23.9 Å². The van der Waals surface area contributed by atoms with Gasteiger partial charge in [-0.15, -0.1) is 0 Å². The number of rotatable bonds is 4. The number of hydrogen-bond donors (Lipinski definition) is 1. The Balaban J connectivity index is 2.04. The van der Waals surface area contributed by atoms with Crippen LogP contribution in [0.3, 0.4) is 0 Å². The van der Waals surface area contributed by atoms with Gasteiger partial charge in [0.1, 0.15) is 5.72 Å². The lowest BCUT2D eigenvalue weighted by atomic mass is 10.0.